The number of carbonyl (C=O) groups is 2. The Bertz CT molecular complexity index is 1050. The van der Waals surface area contributed by atoms with Gasteiger partial charge in [-0.25, -0.2) is 0 Å². The maximum Gasteiger partial charge on any atom is 0.254 e. The Balaban J connectivity index is 1.35. The van der Waals surface area contributed by atoms with Gasteiger partial charge in [0.05, 0.1) is 24.1 Å². The van der Waals surface area contributed by atoms with Crippen LogP contribution in [0.15, 0.2) is 36.5 Å². The Morgan fingerprint density at radius 1 is 1.16 bits per heavy atom. The SMILES string of the molecule is COc1ccc(C(=O)N2[C@@H]3CC[C@H]2CC(Nc2c(C(N)=O)cnc4c2C=CC4)C3)cc1. The van der Waals surface area contributed by atoms with Gasteiger partial charge in [-0.15, -0.1) is 0 Å². The number of hydrogen-bond donors (Lipinski definition) is 2. The van der Waals surface area contributed by atoms with Crippen LogP contribution in [-0.2, 0) is 6.42 Å². The van der Waals surface area contributed by atoms with E-state index in [9.17, 15) is 9.59 Å². The van der Waals surface area contributed by atoms with Gasteiger partial charge in [-0.3, -0.25) is 14.6 Å². The first-order valence-electron chi connectivity index (χ1n) is 10.8. The summed E-state index contributed by atoms with van der Waals surface area (Å²) in [5.41, 5.74) is 9.44. The molecule has 3 heterocycles. The van der Waals surface area contributed by atoms with E-state index in [0.717, 1.165) is 54.8 Å². The highest BCUT2D eigenvalue weighted by Crippen LogP contribution is 2.39. The summed E-state index contributed by atoms with van der Waals surface area (Å²) < 4.78 is 5.20. The lowest BCUT2D eigenvalue weighted by Crippen LogP contribution is -2.49. The second kappa shape index (κ2) is 7.72. The maximum absolute atomic E-state index is 13.2. The molecular weight excluding hydrogens is 392 g/mol. The molecule has 0 spiro atoms. The van der Waals surface area contributed by atoms with Crippen LogP contribution < -0.4 is 15.8 Å². The van der Waals surface area contributed by atoms with Gasteiger partial charge in [0.15, 0.2) is 0 Å². The molecule has 7 nitrogen and oxygen atoms in total. The molecule has 7 heteroatoms. The predicted molar refractivity (Wildman–Crippen MR) is 118 cm³/mol. The lowest BCUT2D eigenvalue weighted by molar-refractivity contribution is 0.0583. The number of anilines is 1. The number of nitrogens with zero attached hydrogens (tertiary/aromatic N) is 2. The van der Waals surface area contributed by atoms with Crippen molar-refractivity contribution >= 4 is 23.6 Å². The van der Waals surface area contributed by atoms with Crippen molar-refractivity contribution in [2.45, 2.75) is 50.2 Å². The summed E-state index contributed by atoms with van der Waals surface area (Å²) in [5.74, 6) is 0.346. The van der Waals surface area contributed by atoms with Gasteiger partial charge in [0.1, 0.15) is 5.75 Å². The number of hydrogen-bond acceptors (Lipinski definition) is 5. The van der Waals surface area contributed by atoms with Crippen LogP contribution in [0.25, 0.3) is 6.08 Å². The third-order valence-corrected chi connectivity index (χ3v) is 6.71. The largest absolute Gasteiger partial charge is 0.497 e. The number of ether oxygens (including phenoxy) is 1. The molecule has 160 valence electrons. The van der Waals surface area contributed by atoms with Gasteiger partial charge in [0.2, 0.25) is 0 Å². The van der Waals surface area contributed by atoms with Gasteiger partial charge >= 0.3 is 0 Å². The molecule has 0 saturated carbocycles. The lowest BCUT2D eigenvalue weighted by atomic mass is 9.95. The minimum atomic E-state index is -0.479. The fraction of sp³-hybridized carbons (Fsp3) is 0.375. The molecule has 3 aliphatic rings. The molecule has 2 fully saturated rings. The van der Waals surface area contributed by atoms with Gasteiger partial charge < -0.3 is 20.7 Å². The summed E-state index contributed by atoms with van der Waals surface area (Å²) in [6.07, 6.45) is 10.1. The Morgan fingerprint density at radius 2 is 1.87 bits per heavy atom. The monoisotopic (exact) mass is 418 g/mol. The van der Waals surface area contributed by atoms with Crippen LogP contribution in [0.5, 0.6) is 5.75 Å². The number of allylic oxidation sites excluding steroid dienone is 1. The molecule has 1 unspecified atom stereocenters. The lowest BCUT2D eigenvalue weighted by Gasteiger charge is -2.40. The molecule has 2 bridgehead atoms. The highest BCUT2D eigenvalue weighted by Gasteiger charge is 2.43. The minimum absolute atomic E-state index is 0.0826. The highest BCUT2D eigenvalue weighted by atomic mass is 16.5. The molecule has 0 radical (unpaired) electrons. The quantitative estimate of drug-likeness (QED) is 0.778. The summed E-state index contributed by atoms with van der Waals surface area (Å²) in [6, 6.07) is 7.86. The molecular formula is C24H26N4O3. The van der Waals surface area contributed by atoms with Gasteiger partial charge in [0, 0.05) is 41.9 Å². The van der Waals surface area contributed by atoms with Crippen molar-refractivity contribution in [3.05, 3.63) is 58.9 Å². The molecule has 2 amide bonds. The molecule has 2 aliphatic heterocycles. The van der Waals surface area contributed by atoms with Gasteiger partial charge in [-0.1, -0.05) is 12.2 Å². The zero-order valence-corrected chi connectivity index (χ0v) is 17.5. The summed E-state index contributed by atoms with van der Waals surface area (Å²) in [5, 5.41) is 3.60. The van der Waals surface area contributed by atoms with Crippen molar-refractivity contribution in [1.29, 1.82) is 0 Å². The normalized spacial score (nSPS) is 23.5. The number of piperidine rings is 1. The fourth-order valence-electron chi connectivity index (χ4n) is 5.25. The first-order valence-corrected chi connectivity index (χ1v) is 10.8. The van der Waals surface area contributed by atoms with E-state index in [-0.39, 0.29) is 24.0 Å². The van der Waals surface area contributed by atoms with Crippen LogP contribution in [0.3, 0.4) is 0 Å². The number of nitrogens with one attached hydrogen (secondary N) is 1. The number of amides is 2. The molecule has 3 atom stereocenters. The van der Waals surface area contributed by atoms with Crippen molar-refractivity contribution in [3.63, 3.8) is 0 Å². The van der Waals surface area contributed by atoms with E-state index in [1.165, 1.54) is 0 Å². The van der Waals surface area contributed by atoms with Crippen LogP contribution in [0.1, 0.15) is 57.7 Å². The number of methoxy groups -OCH3 is 1. The maximum atomic E-state index is 13.2. The zero-order chi connectivity index (χ0) is 21.5. The molecule has 5 rings (SSSR count). The van der Waals surface area contributed by atoms with E-state index in [1.807, 2.05) is 36.4 Å². The molecule has 31 heavy (non-hydrogen) atoms. The van der Waals surface area contributed by atoms with Crippen LogP contribution >= 0.6 is 0 Å². The van der Waals surface area contributed by atoms with E-state index in [0.29, 0.717) is 11.1 Å². The number of aromatic nitrogens is 1. The van der Waals surface area contributed by atoms with Gasteiger partial charge in [0.25, 0.3) is 11.8 Å². The fourth-order valence-corrected chi connectivity index (χ4v) is 5.25. The number of benzene rings is 1. The Kier molecular flexibility index (Phi) is 4.88. The molecule has 1 aromatic carbocycles. The van der Waals surface area contributed by atoms with Crippen molar-refractivity contribution in [2.24, 2.45) is 5.73 Å². The Morgan fingerprint density at radius 3 is 2.52 bits per heavy atom. The van der Waals surface area contributed by atoms with E-state index >= 15 is 0 Å². The van der Waals surface area contributed by atoms with Crippen molar-refractivity contribution in [3.8, 4) is 5.75 Å². The van der Waals surface area contributed by atoms with E-state index in [1.54, 1.807) is 13.3 Å². The summed E-state index contributed by atoms with van der Waals surface area (Å²) >= 11 is 0. The average molecular weight is 418 g/mol. The highest BCUT2D eigenvalue weighted by molar-refractivity contribution is 6.00. The molecule has 1 aliphatic carbocycles. The number of pyridine rings is 1. The number of fused-ring (bicyclic) bond motifs is 3. The first-order chi connectivity index (χ1) is 15.0. The van der Waals surface area contributed by atoms with E-state index < -0.39 is 5.91 Å². The summed E-state index contributed by atoms with van der Waals surface area (Å²) in [7, 11) is 1.62. The number of rotatable bonds is 5. The topological polar surface area (TPSA) is 97.5 Å². The summed E-state index contributed by atoms with van der Waals surface area (Å²) in [6.45, 7) is 0. The minimum Gasteiger partial charge on any atom is -0.497 e. The van der Waals surface area contributed by atoms with Crippen LogP contribution in [-0.4, -0.2) is 46.9 Å². The standard InChI is InChI=1S/C24H26N4O3/c1-31-18-9-5-14(6-10-18)24(30)28-16-7-8-17(28)12-15(11-16)27-22-19-3-2-4-21(19)26-13-20(22)23(25)29/h2-3,5-6,9-10,13,15-17H,4,7-8,11-12H2,1H3,(H2,25,29)(H,26,27)/t15?,16-,17+. The van der Waals surface area contributed by atoms with E-state index in [4.69, 9.17) is 10.5 Å². The third-order valence-electron chi connectivity index (χ3n) is 6.71. The van der Waals surface area contributed by atoms with Crippen LogP contribution in [0, 0.1) is 0 Å². The number of nitrogens with two attached hydrogens (primary N) is 1. The smallest absolute Gasteiger partial charge is 0.254 e. The van der Waals surface area contributed by atoms with Crippen LogP contribution in [0.4, 0.5) is 5.69 Å². The molecule has 3 N–H and O–H groups in total. The van der Waals surface area contributed by atoms with Crippen LogP contribution in [0.2, 0.25) is 0 Å². The Hall–Kier alpha value is -3.35. The zero-order valence-electron chi connectivity index (χ0n) is 17.5. The van der Waals surface area contributed by atoms with Crippen molar-refractivity contribution in [2.75, 3.05) is 12.4 Å². The molecule has 1 aromatic heterocycles. The second-order valence-electron chi connectivity index (χ2n) is 8.52. The van der Waals surface area contributed by atoms with Crippen molar-refractivity contribution < 1.29 is 14.3 Å². The summed E-state index contributed by atoms with van der Waals surface area (Å²) in [4.78, 5) is 31.7. The average Bonchev–Trinajstić information content (AvgIpc) is 3.36. The number of primary amides is 1. The molecule has 2 saturated heterocycles. The first kappa shape index (κ1) is 19.6. The van der Waals surface area contributed by atoms with Crippen molar-refractivity contribution in [1.82, 2.24) is 9.88 Å². The van der Waals surface area contributed by atoms with E-state index in [2.05, 4.69) is 15.2 Å². The number of carbonyl (C=O) groups excluding carboxylic acids is 2. The predicted octanol–water partition coefficient (Wildman–Crippen LogP) is 3.01. The Labute approximate surface area is 181 Å². The second-order valence-corrected chi connectivity index (χ2v) is 8.52. The van der Waals surface area contributed by atoms with Gasteiger partial charge in [-0.2, -0.15) is 0 Å². The molecule has 2 aromatic rings. The third kappa shape index (κ3) is 3.44. The van der Waals surface area contributed by atoms with Gasteiger partial charge in [-0.05, 0) is 49.9 Å².